The lowest BCUT2D eigenvalue weighted by molar-refractivity contribution is 0.176. The maximum absolute atomic E-state index is 6.41. The van der Waals surface area contributed by atoms with Crippen molar-refractivity contribution in [2.45, 2.75) is 50.3 Å². The highest BCUT2D eigenvalue weighted by Crippen LogP contribution is 2.38. The molecule has 1 fully saturated rings. The van der Waals surface area contributed by atoms with Gasteiger partial charge in [0.2, 0.25) is 0 Å². The first-order valence-electron chi connectivity index (χ1n) is 9.75. The minimum absolute atomic E-state index is 0.0265. The highest BCUT2D eigenvalue weighted by molar-refractivity contribution is 5.43. The van der Waals surface area contributed by atoms with Crippen molar-refractivity contribution in [2.75, 3.05) is 6.54 Å². The third-order valence-corrected chi connectivity index (χ3v) is 6.00. The maximum Gasteiger partial charge on any atom is 0.161 e. The van der Waals surface area contributed by atoms with E-state index in [4.69, 9.17) is 10.5 Å². The fourth-order valence-corrected chi connectivity index (χ4v) is 4.47. The van der Waals surface area contributed by atoms with Gasteiger partial charge in [-0.15, -0.1) is 10.2 Å². The van der Waals surface area contributed by atoms with Gasteiger partial charge in [0.1, 0.15) is 11.9 Å². The molecule has 3 aromatic rings. The first-order valence-corrected chi connectivity index (χ1v) is 9.75. The van der Waals surface area contributed by atoms with Crippen molar-refractivity contribution in [3.63, 3.8) is 0 Å². The molecule has 0 amide bonds. The predicted molar refractivity (Wildman–Crippen MR) is 104 cm³/mol. The highest BCUT2D eigenvalue weighted by Gasteiger charge is 2.34. The number of aromatic nitrogens is 3. The van der Waals surface area contributed by atoms with Crippen LogP contribution in [-0.2, 0) is 5.54 Å². The molecule has 0 unspecified atom stereocenters. The van der Waals surface area contributed by atoms with Crippen LogP contribution in [0.25, 0.3) is 5.65 Å². The van der Waals surface area contributed by atoms with E-state index in [1.165, 1.54) is 11.1 Å². The van der Waals surface area contributed by atoms with Crippen LogP contribution in [0.15, 0.2) is 42.6 Å². The number of benzene rings is 1. The molecule has 3 heterocycles. The predicted octanol–water partition coefficient (Wildman–Crippen LogP) is 3.24. The average Bonchev–Trinajstić information content (AvgIpc) is 3.31. The third-order valence-electron chi connectivity index (χ3n) is 6.00. The second-order valence-electron chi connectivity index (χ2n) is 7.90. The smallest absolute Gasteiger partial charge is 0.161 e. The zero-order valence-corrected chi connectivity index (χ0v) is 15.6. The van der Waals surface area contributed by atoms with Crippen LogP contribution in [0.2, 0.25) is 0 Å². The Kier molecular flexibility index (Phi) is 3.91. The monoisotopic (exact) mass is 363 g/mol. The van der Waals surface area contributed by atoms with E-state index in [0.29, 0.717) is 0 Å². The summed E-state index contributed by atoms with van der Waals surface area (Å²) >= 11 is 0. The van der Waals surface area contributed by atoms with Crippen LogP contribution in [0.3, 0.4) is 0 Å². The molecule has 0 spiro atoms. The van der Waals surface area contributed by atoms with Gasteiger partial charge in [0, 0.05) is 6.04 Å². The van der Waals surface area contributed by atoms with Gasteiger partial charge in [0.05, 0.1) is 11.7 Å². The van der Waals surface area contributed by atoms with Gasteiger partial charge < -0.3 is 15.8 Å². The minimum Gasteiger partial charge on any atom is -0.484 e. The Balaban J connectivity index is 1.49. The SMILES string of the molecule is C[C@@]1(c2nnc3ccc(O[C@@H]4CC[C@H](N)c5ccccc54)cn23)CCCN1. The molecule has 1 aliphatic heterocycles. The van der Waals surface area contributed by atoms with E-state index in [2.05, 4.69) is 45.0 Å². The molecule has 140 valence electrons. The van der Waals surface area contributed by atoms with Crippen LogP contribution in [-0.4, -0.2) is 21.1 Å². The van der Waals surface area contributed by atoms with Crippen molar-refractivity contribution in [1.29, 1.82) is 0 Å². The summed E-state index contributed by atoms with van der Waals surface area (Å²) in [7, 11) is 0. The van der Waals surface area contributed by atoms with Gasteiger partial charge in [-0.25, -0.2) is 0 Å². The fourth-order valence-electron chi connectivity index (χ4n) is 4.47. The van der Waals surface area contributed by atoms with E-state index in [0.717, 1.165) is 49.4 Å². The Morgan fingerprint density at radius 1 is 1.15 bits per heavy atom. The van der Waals surface area contributed by atoms with Crippen LogP contribution in [0, 0.1) is 0 Å². The van der Waals surface area contributed by atoms with E-state index >= 15 is 0 Å². The second kappa shape index (κ2) is 6.32. The Morgan fingerprint density at radius 3 is 2.81 bits per heavy atom. The Bertz CT molecular complexity index is 976. The summed E-state index contributed by atoms with van der Waals surface area (Å²) in [6.45, 7) is 3.21. The number of nitrogens with zero attached hydrogens (tertiary/aromatic N) is 3. The number of hydrogen-bond donors (Lipinski definition) is 2. The molecule has 2 aromatic heterocycles. The Labute approximate surface area is 158 Å². The number of fused-ring (bicyclic) bond motifs is 2. The molecule has 3 atom stereocenters. The van der Waals surface area contributed by atoms with Crippen molar-refractivity contribution in [3.8, 4) is 5.75 Å². The summed E-state index contributed by atoms with van der Waals surface area (Å²) in [5.41, 5.74) is 9.39. The van der Waals surface area contributed by atoms with Crippen LogP contribution >= 0.6 is 0 Å². The summed E-state index contributed by atoms with van der Waals surface area (Å²) < 4.78 is 8.47. The fraction of sp³-hybridized carbons (Fsp3) is 0.429. The van der Waals surface area contributed by atoms with Crippen molar-refractivity contribution >= 4 is 5.65 Å². The molecular weight excluding hydrogens is 338 g/mol. The lowest BCUT2D eigenvalue weighted by Gasteiger charge is -2.30. The summed E-state index contributed by atoms with van der Waals surface area (Å²) in [5.74, 6) is 1.78. The summed E-state index contributed by atoms with van der Waals surface area (Å²) in [6.07, 6.45) is 6.12. The van der Waals surface area contributed by atoms with Crippen LogP contribution in [0.1, 0.15) is 61.7 Å². The lowest BCUT2D eigenvalue weighted by atomic mass is 9.86. The molecule has 1 aliphatic carbocycles. The van der Waals surface area contributed by atoms with Crippen LogP contribution < -0.4 is 15.8 Å². The van der Waals surface area contributed by atoms with Crippen molar-refractivity contribution in [3.05, 3.63) is 59.5 Å². The molecule has 27 heavy (non-hydrogen) atoms. The van der Waals surface area contributed by atoms with E-state index < -0.39 is 0 Å². The maximum atomic E-state index is 6.41. The van der Waals surface area contributed by atoms with Crippen LogP contribution in [0.4, 0.5) is 0 Å². The standard InChI is InChI=1S/C21H25N5O/c1-21(11-4-12-23-21)20-25-24-19-10-7-14(13-26(19)20)27-18-9-8-17(22)15-5-2-3-6-16(15)18/h2-3,5-7,10,13,17-18,23H,4,8-9,11-12,22H2,1H3/t17-,18+,21-/m0/s1. The van der Waals surface area contributed by atoms with Gasteiger partial charge in [-0.2, -0.15) is 0 Å². The quantitative estimate of drug-likeness (QED) is 0.747. The molecule has 6 heteroatoms. The Morgan fingerprint density at radius 2 is 2.00 bits per heavy atom. The molecule has 0 radical (unpaired) electrons. The largest absolute Gasteiger partial charge is 0.484 e. The van der Waals surface area contributed by atoms with Gasteiger partial charge in [-0.3, -0.25) is 4.40 Å². The lowest BCUT2D eigenvalue weighted by Crippen LogP contribution is -2.35. The molecule has 0 saturated carbocycles. The van der Waals surface area contributed by atoms with Crippen molar-refractivity contribution in [1.82, 2.24) is 19.9 Å². The first-order chi connectivity index (χ1) is 13.1. The average molecular weight is 363 g/mol. The van der Waals surface area contributed by atoms with Gasteiger partial charge in [-0.1, -0.05) is 24.3 Å². The summed E-state index contributed by atoms with van der Waals surface area (Å²) in [4.78, 5) is 0. The number of hydrogen-bond acceptors (Lipinski definition) is 5. The van der Waals surface area contributed by atoms with Gasteiger partial charge >= 0.3 is 0 Å². The molecule has 6 nitrogen and oxygen atoms in total. The number of pyridine rings is 1. The normalized spacial score (nSPS) is 27.6. The molecule has 2 aliphatic rings. The molecule has 1 aromatic carbocycles. The zero-order valence-electron chi connectivity index (χ0n) is 15.6. The molecule has 1 saturated heterocycles. The first kappa shape index (κ1) is 16.7. The van der Waals surface area contributed by atoms with Gasteiger partial charge in [-0.05, 0) is 62.4 Å². The number of nitrogens with one attached hydrogen (secondary N) is 1. The van der Waals surface area contributed by atoms with Gasteiger partial charge in [0.25, 0.3) is 0 Å². The molecule has 5 rings (SSSR count). The van der Waals surface area contributed by atoms with E-state index in [-0.39, 0.29) is 17.7 Å². The van der Waals surface area contributed by atoms with Crippen molar-refractivity contribution < 1.29 is 4.74 Å². The topological polar surface area (TPSA) is 77.5 Å². The van der Waals surface area contributed by atoms with E-state index in [9.17, 15) is 0 Å². The molecule has 3 N–H and O–H groups in total. The van der Waals surface area contributed by atoms with E-state index in [1.54, 1.807) is 0 Å². The van der Waals surface area contributed by atoms with Crippen molar-refractivity contribution in [2.24, 2.45) is 5.73 Å². The number of rotatable bonds is 3. The molecule has 0 bridgehead atoms. The van der Waals surface area contributed by atoms with Gasteiger partial charge in [0.15, 0.2) is 11.5 Å². The number of nitrogens with two attached hydrogens (primary N) is 1. The third kappa shape index (κ3) is 2.80. The second-order valence-corrected chi connectivity index (χ2v) is 7.90. The molecular formula is C21H25N5O. The number of ether oxygens (including phenoxy) is 1. The summed E-state index contributed by atoms with van der Waals surface area (Å²) in [5, 5.41) is 12.4. The van der Waals surface area contributed by atoms with E-state index in [1.807, 2.05) is 24.4 Å². The Hall–Kier alpha value is -2.44. The zero-order chi connectivity index (χ0) is 18.4. The summed E-state index contributed by atoms with van der Waals surface area (Å²) in [6, 6.07) is 12.4. The minimum atomic E-state index is -0.137. The highest BCUT2D eigenvalue weighted by atomic mass is 16.5. The van der Waals surface area contributed by atoms with Crippen LogP contribution in [0.5, 0.6) is 5.75 Å².